The van der Waals surface area contributed by atoms with E-state index in [0.29, 0.717) is 0 Å². The van der Waals surface area contributed by atoms with Crippen LogP contribution in [0.15, 0.2) is 24.3 Å². The quantitative estimate of drug-likeness (QED) is 0.516. The van der Waals surface area contributed by atoms with E-state index in [1.807, 2.05) is 0 Å². The lowest BCUT2D eigenvalue weighted by Gasteiger charge is -2.04. The second kappa shape index (κ2) is 6.62. The number of hydrogen-bond acceptors (Lipinski definition) is 0. The Kier molecular flexibility index (Phi) is 5.80. The molecule has 0 aliphatic carbocycles. The lowest BCUT2D eigenvalue weighted by Crippen LogP contribution is -1.87. The Morgan fingerprint density at radius 2 is 1.71 bits per heavy atom. The number of alkyl halides is 2. The van der Waals surface area contributed by atoms with Gasteiger partial charge in [0.05, 0.1) is 3.74 Å². The van der Waals surface area contributed by atoms with Gasteiger partial charge < -0.3 is 0 Å². The van der Waals surface area contributed by atoms with Gasteiger partial charge in [0.25, 0.3) is 0 Å². The number of rotatable bonds is 5. The van der Waals surface area contributed by atoms with E-state index in [-0.39, 0.29) is 3.74 Å². The van der Waals surface area contributed by atoms with E-state index in [4.69, 9.17) is 0 Å². The van der Waals surface area contributed by atoms with Crippen molar-refractivity contribution in [3.05, 3.63) is 35.4 Å². The van der Waals surface area contributed by atoms with Crippen LogP contribution in [-0.4, -0.2) is 0 Å². The predicted molar refractivity (Wildman–Crippen MR) is 70.3 cm³/mol. The third-order valence-electron chi connectivity index (χ3n) is 2.30. The zero-order chi connectivity index (χ0) is 10.4. The average molecular weight is 320 g/mol. The molecule has 2 heteroatoms. The SMILES string of the molecule is CCCCCc1ccc(C(Br)Br)cc1. The van der Waals surface area contributed by atoms with Crippen LogP contribution < -0.4 is 0 Å². The zero-order valence-corrected chi connectivity index (χ0v) is 11.6. The van der Waals surface area contributed by atoms with Crippen molar-refractivity contribution in [1.82, 2.24) is 0 Å². The van der Waals surface area contributed by atoms with E-state index < -0.39 is 0 Å². The molecule has 0 radical (unpaired) electrons. The van der Waals surface area contributed by atoms with Crippen molar-refractivity contribution < 1.29 is 0 Å². The molecule has 1 aromatic rings. The molecule has 1 aromatic carbocycles. The van der Waals surface area contributed by atoms with Gasteiger partial charge in [-0.2, -0.15) is 0 Å². The molecule has 0 saturated carbocycles. The molecule has 1 rings (SSSR count). The summed E-state index contributed by atoms with van der Waals surface area (Å²) in [6, 6.07) is 8.80. The van der Waals surface area contributed by atoms with Gasteiger partial charge in [0.15, 0.2) is 0 Å². The Morgan fingerprint density at radius 1 is 1.07 bits per heavy atom. The molecule has 0 aliphatic heterocycles. The van der Waals surface area contributed by atoms with Gasteiger partial charge in [0, 0.05) is 0 Å². The van der Waals surface area contributed by atoms with Crippen LogP contribution >= 0.6 is 31.9 Å². The zero-order valence-electron chi connectivity index (χ0n) is 8.47. The van der Waals surface area contributed by atoms with Crippen molar-refractivity contribution in [3.63, 3.8) is 0 Å². The smallest absolute Gasteiger partial charge is 0.0712 e. The van der Waals surface area contributed by atoms with Gasteiger partial charge in [0.2, 0.25) is 0 Å². The summed E-state index contributed by atoms with van der Waals surface area (Å²) in [6.45, 7) is 2.24. The Balaban J connectivity index is 2.47. The van der Waals surface area contributed by atoms with E-state index >= 15 is 0 Å². The number of halogens is 2. The van der Waals surface area contributed by atoms with Crippen molar-refractivity contribution in [2.45, 2.75) is 36.3 Å². The Morgan fingerprint density at radius 3 is 2.21 bits per heavy atom. The first-order valence-electron chi connectivity index (χ1n) is 5.11. The van der Waals surface area contributed by atoms with Crippen LogP contribution in [0.3, 0.4) is 0 Å². The van der Waals surface area contributed by atoms with E-state index in [1.165, 1.54) is 36.8 Å². The maximum absolute atomic E-state index is 3.49. The number of unbranched alkanes of at least 4 members (excludes halogenated alkanes) is 2. The fourth-order valence-electron chi connectivity index (χ4n) is 1.41. The summed E-state index contributed by atoms with van der Waals surface area (Å²) in [4.78, 5) is 0. The summed E-state index contributed by atoms with van der Waals surface area (Å²) in [6.07, 6.45) is 5.15. The van der Waals surface area contributed by atoms with Crippen LogP contribution in [0.5, 0.6) is 0 Å². The van der Waals surface area contributed by atoms with Crippen molar-refractivity contribution in [1.29, 1.82) is 0 Å². The topological polar surface area (TPSA) is 0 Å². The van der Waals surface area contributed by atoms with Crippen molar-refractivity contribution in [2.24, 2.45) is 0 Å². The highest BCUT2D eigenvalue weighted by Gasteiger charge is 2.01. The second-order valence-corrected chi connectivity index (χ2v) is 6.56. The Hall–Kier alpha value is 0.180. The predicted octanol–water partition coefficient (Wildman–Crippen LogP) is 5.21. The first kappa shape index (κ1) is 12.3. The van der Waals surface area contributed by atoms with Crippen LogP contribution in [0.1, 0.15) is 41.0 Å². The van der Waals surface area contributed by atoms with Crippen molar-refractivity contribution in [2.75, 3.05) is 0 Å². The van der Waals surface area contributed by atoms with Crippen molar-refractivity contribution >= 4 is 31.9 Å². The highest BCUT2D eigenvalue weighted by Crippen LogP contribution is 2.29. The summed E-state index contributed by atoms with van der Waals surface area (Å²) in [5.41, 5.74) is 2.73. The van der Waals surface area contributed by atoms with Crippen LogP contribution in [0.4, 0.5) is 0 Å². The van der Waals surface area contributed by atoms with E-state index in [1.54, 1.807) is 0 Å². The minimum atomic E-state index is 0.277. The molecule has 0 aromatic heterocycles. The minimum absolute atomic E-state index is 0.277. The van der Waals surface area contributed by atoms with Gasteiger partial charge in [-0.25, -0.2) is 0 Å². The molecular weight excluding hydrogens is 304 g/mol. The monoisotopic (exact) mass is 318 g/mol. The molecular formula is C12H16Br2. The van der Waals surface area contributed by atoms with Crippen LogP contribution in [0.25, 0.3) is 0 Å². The molecule has 0 atom stereocenters. The Bertz CT molecular complexity index is 252. The fraction of sp³-hybridized carbons (Fsp3) is 0.500. The molecule has 0 unspecified atom stereocenters. The normalized spacial score (nSPS) is 10.9. The molecule has 0 N–H and O–H groups in total. The maximum atomic E-state index is 3.49. The Labute approximate surface area is 103 Å². The number of hydrogen-bond donors (Lipinski definition) is 0. The first-order chi connectivity index (χ1) is 6.74. The maximum Gasteiger partial charge on any atom is 0.0946 e. The highest BCUT2D eigenvalue weighted by molar-refractivity contribution is 9.24. The fourth-order valence-corrected chi connectivity index (χ4v) is 2.02. The summed E-state index contributed by atoms with van der Waals surface area (Å²) in [5.74, 6) is 0. The molecule has 0 saturated heterocycles. The summed E-state index contributed by atoms with van der Waals surface area (Å²) < 4.78 is 0.277. The van der Waals surface area contributed by atoms with Gasteiger partial charge in [-0.1, -0.05) is 75.9 Å². The third kappa shape index (κ3) is 4.14. The second-order valence-electron chi connectivity index (χ2n) is 3.50. The van der Waals surface area contributed by atoms with E-state index in [0.717, 1.165) is 0 Å². The number of benzene rings is 1. The minimum Gasteiger partial charge on any atom is -0.0712 e. The highest BCUT2D eigenvalue weighted by atomic mass is 79.9. The van der Waals surface area contributed by atoms with Gasteiger partial charge in [-0.3, -0.25) is 0 Å². The average Bonchev–Trinajstić information content (AvgIpc) is 2.19. The van der Waals surface area contributed by atoms with Crippen LogP contribution in [0, 0.1) is 0 Å². The molecule has 0 bridgehead atoms. The molecule has 0 amide bonds. The van der Waals surface area contributed by atoms with E-state index in [9.17, 15) is 0 Å². The van der Waals surface area contributed by atoms with Gasteiger partial charge in [-0.05, 0) is 24.0 Å². The largest absolute Gasteiger partial charge is 0.0946 e. The van der Waals surface area contributed by atoms with Gasteiger partial charge in [-0.15, -0.1) is 0 Å². The van der Waals surface area contributed by atoms with Crippen molar-refractivity contribution in [3.8, 4) is 0 Å². The molecule has 0 heterocycles. The van der Waals surface area contributed by atoms with E-state index in [2.05, 4.69) is 63.0 Å². The standard InChI is InChI=1S/C12H16Br2/c1-2-3-4-5-10-6-8-11(9-7-10)12(13)14/h6-9,12H,2-5H2,1H3. The molecule has 78 valence electrons. The van der Waals surface area contributed by atoms with Gasteiger partial charge >= 0.3 is 0 Å². The summed E-state index contributed by atoms with van der Waals surface area (Å²) in [5, 5.41) is 0. The third-order valence-corrected chi connectivity index (χ3v) is 3.36. The lowest BCUT2D eigenvalue weighted by atomic mass is 10.1. The molecule has 0 spiro atoms. The first-order valence-corrected chi connectivity index (χ1v) is 6.94. The van der Waals surface area contributed by atoms with Crippen LogP contribution in [-0.2, 0) is 6.42 Å². The molecule has 0 fully saturated rings. The molecule has 14 heavy (non-hydrogen) atoms. The number of aryl methyl sites for hydroxylation is 1. The lowest BCUT2D eigenvalue weighted by molar-refractivity contribution is 0.717. The molecule has 0 nitrogen and oxygen atoms in total. The molecule has 0 aliphatic rings. The van der Waals surface area contributed by atoms with Crippen LogP contribution in [0.2, 0.25) is 0 Å². The summed E-state index contributed by atoms with van der Waals surface area (Å²) >= 11 is 6.98. The van der Waals surface area contributed by atoms with Gasteiger partial charge in [0.1, 0.15) is 0 Å². The summed E-state index contributed by atoms with van der Waals surface area (Å²) in [7, 11) is 0.